The molecule has 1 N–H and O–H groups in total. The number of rotatable bonds is 3. The number of ether oxygens (including phenoxy) is 1. The summed E-state index contributed by atoms with van der Waals surface area (Å²) < 4.78 is 6.07. The molecular formula is C11H9ClN2O4. The lowest BCUT2D eigenvalue weighted by Gasteiger charge is -1.99. The highest BCUT2D eigenvalue weighted by Crippen LogP contribution is 2.18. The molecular weight excluding hydrogens is 260 g/mol. The number of carboxylic acid groups (broad SMARTS) is 1. The van der Waals surface area contributed by atoms with Crippen molar-refractivity contribution < 1.29 is 19.4 Å². The first-order valence-corrected chi connectivity index (χ1v) is 5.37. The summed E-state index contributed by atoms with van der Waals surface area (Å²) in [6, 6.07) is 3.18. The van der Waals surface area contributed by atoms with Gasteiger partial charge < -0.3 is 14.2 Å². The molecule has 0 radical (unpaired) electrons. The minimum absolute atomic E-state index is 0.0745. The van der Waals surface area contributed by atoms with Gasteiger partial charge in [-0.15, -0.1) is 0 Å². The zero-order valence-corrected chi connectivity index (χ0v) is 10.1. The fraction of sp³-hybridized carbons (Fsp3) is 0.182. The molecule has 0 amide bonds. The van der Waals surface area contributed by atoms with Gasteiger partial charge in [-0.3, -0.25) is 4.79 Å². The van der Waals surface area contributed by atoms with Crippen molar-refractivity contribution in [1.82, 2.24) is 9.38 Å². The zero-order chi connectivity index (χ0) is 13.3. The van der Waals surface area contributed by atoms with Crippen molar-refractivity contribution in [3.05, 3.63) is 34.9 Å². The summed E-state index contributed by atoms with van der Waals surface area (Å²) in [6.07, 6.45) is 1.20. The molecule has 0 atom stereocenters. The molecule has 2 aromatic rings. The summed E-state index contributed by atoms with van der Waals surface area (Å²) >= 11 is 5.84. The second kappa shape index (κ2) is 4.66. The molecule has 7 heteroatoms. The molecule has 0 aromatic carbocycles. The lowest BCUT2D eigenvalue weighted by molar-refractivity contribution is -0.136. The minimum atomic E-state index is -1.04. The number of fused-ring (bicyclic) bond motifs is 1. The van der Waals surface area contributed by atoms with E-state index in [9.17, 15) is 9.59 Å². The largest absolute Gasteiger partial charge is 0.481 e. The van der Waals surface area contributed by atoms with E-state index in [1.54, 1.807) is 12.1 Å². The first-order valence-electron chi connectivity index (χ1n) is 4.99. The third kappa shape index (κ3) is 2.14. The fourth-order valence-corrected chi connectivity index (χ4v) is 1.79. The summed E-state index contributed by atoms with van der Waals surface area (Å²) in [7, 11) is 1.24. The predicted octanol–water partition coefficient (Wildman–Crippen LogP) is 1.40. The molecule has 2 aromatic heterocycles. The maximum absolute atomic E-state index is 11.5. The molecule has 6 nitrogen and oxygen atoms in total. The molecule has 0 saturated carbocycles. The first kappa shape index (κ1) is 12.4. The van der Waals surface area contributed by atoms with Crippen molar-refractivity contribution in [2.24, 2.45) is 0 Å². The summed E-state index contributed by atoms with van der Waals surface area (Å²) in [5, 5.41) is 9.22. The summed E-state index contributed by atoms with van der Waals surface area (Å²) in [5.41, 5.74) is 0.535. The van der Waals surface area contributed by atoms with Gasteiger partial charge in [-0.1, -0.05) is 11.6 Å². The normalized spacial score (nSPS) is 10.6. The Hall–Kier alpha value is -2.08. The fourth-order valence-electron chi connectivity index (χ4n) is 1.63. The van der Waals surface area contributed by atoms with E-state index in [0.717, 1.165) is 0 Å². The van der Waals surface area contributed by atoms with Crippen molar-refractivity contribution in [2.75, 3.05) is 7.11 Å². The van der Waals surface area contributed by atoms with Gasteiger partial charge in [0, 0.05) is 6.20 Å². The Morgan fingerprint density at radius 2 is 2.22 bits per heavy atom. The van der Waals surface area contributed by atoms with Crippen LogP contribution in [0.5, 0.6) is 0 Å². The van der Waals surface area contributed by atoms with Crippen molar-refractivity contribution in [3.63, 3.8) is 0 Å². The molecule has 2 rings (SSSR count). The van der Waals surface area contributed by atoms with Crippen LogP contribution in [0.4, 0.5) is 0 Å². The number of carboxylic acids is 1. The van der Waals surface area contributed by atoms with Gasteiger partial charge in [0.15, 0.2) is 5.69 Å². The molecule has 0 aliphatic carbocycles. The van der Waals surface area contributed by atoms with Crippen LogP contribution in [0.2, 0.25) is 5.02 Å². The predicted molar refractivity (Wildman–Crippen MR) is 62.9 cm³/mol. The molecule has 0 spiro atoms. The lowest BCUT2D eigenvalue weighted by atomic mass is 10.3. The van der Waals surface area contributed by atoms with Gasteiger partial charge in [0.2, 0.25) is 0 Å². The van der Waals surface area contributed by atoms with E-state index in [1.807, 2.05) is 0 Å². The average Bonchev–Trinajstić information content (AvgIpc) is 2.66. The number of carbonyl (C=O) groups excluding carboxylic acids is 1. The van der Waals surface area contributed by atoms with Gasteiger partial charge in [-0.2, -0.15) is 0 Å². The van der Waals surface area contributed by atoms with Gasteiger partial charge in [0.05, 0.1) is 17.6 Å². The topological polar surface area (TPSA) is 80.9 Å². The number of aromatic nitrogens is 2. The number of hydrogen-bond donors (Lipinski definition) is 1. The molecule has 2 heterocycles. The van der Waals surface area contributed by atoms with E-state index >= 15 is 0 Å². The first-order chi connectivity index (χ1) is 8.52. The van der Waals surface area contributed by atoms with Gasteiger partial charge in [0.25, 0.3) is 0 Å². The molecule has 94 valence electrons. The summed E-state index contributed by atoms with van der Waals surface area (Å²) in [5.74, 6) is -1.44. The number of halogens is 1. The van der Waals surface area contributed by atoms with Gasteiger partial charge >= 0.3 is 11.9 Å². The number of aliphatic carboxylic acids is 1. The van der Waals surface area contributed by atoms with Crippen LogP contribution < -0.4 is 0 Å². The highest BCUT2D eigenvalue weighted by atomic mass is 35.5. The van der Waals surface area contributed by atoms with Gasteiger partial charge in [0.1, 0.15) is 12.2 Å². The maximum Gasteiger partial charge on any atom is 0.358 e. The number of methoxy groups -OCH3 is 1. The molecule has 0 fully saturated rings. The Morgan fingerprint density at radius 1 is 1.50 bits per heavy atom. The van der Waals surface area contributed by atoms with Crippen LogP contribution in [0, 0.1) is 0 Å². The highest BCUT2D eigenvalue weighted by Gasteiger charge is 2.19. The smallest absolute Gasteiger partial charge is 0.358 e. The zero-order valence-electron chi connectivity index (χ0n) is 9.38. The Balaban J connectivity index is 2.66. The van der Waals surface area contributed by atoms with E-state index in [1.165, 1.54) is 17.7 Å². The maximum atomic E-state index is 11.5. The quantitative estimate of drug-likeness (QED) is 0.851. The van der Waals surface area contributed by atoms with Crippen LogP contribution in [0.25, 0.3) is 5.52 Å². The Kier molecular flexibility index (Phi) is 3.20. The molecule has 0 saturated heterocycles. The van der Waals surface area contributed by atoms with Gasteiger partial charge in [-0.05, 0) is 12.1 Å². The van der Waals surface area contributed by atoms with Crippen molar-refractivity contribution in [3.8, 4) is 0 Å². The second-order valence-corrected chi connectivity index (χ2v) is 3.98. The van der Waals surface area contributed by atoms with Crippen LogP contribution in [-0.2, 0) is 16.0 Å². The standard InChI is InChI=1S/C11H9ClN2O4/c1-18-11(17)10-7-3-2-6(12)5-14(7)8(13-10)4-9(15)16/h2-3,5H,4H2,1H3,(H,15,16). The molecule has 18 heavy (non-hydrogen) atoms. The van der Waals surface area contributed by atoms with Crippen LogP contribution in [0.3, 0.4) is 0 Å². The number of pyridine rings is 1. The van der Waals surface area contributed by atoms with Crippen LogP contribution in [0.15, 0.2) is 18.3 Å². The Labute approximate surface area is 107 Å². The second-order valence-electron chi connectivity index (χ2n) is 3.54. The van der Waals surface area contributed by atoms with Crippen LogP contribution in [-0.4, -0.2) is 33.5 Å². The number of nitrogens with zero attached hydrogens (tertiary/aromatic N) is 2. The van der Waals surface area contributed by atoms with E-state index in [-0.39, 0.29) is 17.9 Å². The van der Waals surface area contributed by atoms with E-state index < -0.39 is 11.9 Å². The molecule has 0 unspecified atom stereocenters. The van der Waals surface area contributed by atoms with Crippen molar-refractivity contribution in [1.29, 1.82) is 0 Å². The Bertz CT molecular complexity index is 635. The SMILES string of the molecule is COC(=O)c1nc(CC(=O)O)n2cc(Cl)ccc12. The van der Waals surface area contributed by atoms with E-state index in [2.05, 4.69) is 9.72 Å². The third-order valence-corrected chi connectivity index (χ3v) is 2.59. The minimum Gasteiger partial charge on any atom is -0.481 e. The lowest BCUT2D eigenvalue weighted by Crippen LogP contribution is -2.05. The summed E-state index contributed by atoms with van der Waals surface area (Å²) in [6.45, 7) is 0. The number of hydrogen-bond acceptors (Lipinski definition) is 4. The van der Waals surface area contributed by atoms with Crippen LogP contribution >= 0.6 is 11.6 Å². The van der Waals surface area contributed by atoms with E-state index in [4.69, 9.17) is 16.7 Å². The van der Waals surface area contributed by atoms with Crippen LogP contribution in [0.1, 0.15) is 16.3 Å². The average molecular weight is 269 g/mol. The number of esters is 1. The molecule has 0 aliphatic heterocycles. The number of imidazole rings is 1. The number of carbonyl (C=O) groups is 2. The molecule has 0 aliphatic rings. The molecule has 0 bridgehead atoms. The third-order valence-electron chi connectivity index (χ3n) is 2.36. The monoisotopic (exact) mass is 268 g/mol. The van der Waals surface area contributed by atoms with Crippen molar-refractivity contribution in [2.45, 2.75) is 6.42 Å². The van der Waals surface area contributed by atoms with E-state index in [0.29, 0.717) is 10.5 Å². The Morgan fingerprint density at radius 3 is 2.83 bits per heavy atom. The summed E-state index contributed by atoms with van der Waals surface area (Å²) in [4.78, 5) is 26.3. The highest BCUT2D eigenvalue weighted by molar-refractivity contribution is 6.30. The van der Waals surface area contributed by atoms with Crippen molar-refractivity contribution >= 4 is 29.1 Å². The van der Waals surface area contributed by atoms with Gasteiger partial charge in [-0.25, -0.2) is 9.78 Å².